The van der Waals surface area contributed by atoms with Crippen LogP contribution in [0.5, 0.6) is 0 Å². The van der Waals surface area contributed by atoms with E-state index in [4.69, 9.17) is 4.74 Å². The largest absolute Gasteiger partial charge is 0.377 e. The second-order valence-corrected chi connectivity index (χ2v) is 4.95. The molecule has 0 N–H and O–H groups in total. The van der Waals surface area contributed by atoms with Crippen molar-refractivity contribution in [3.8, 4) is 16.6 Å². The maximum absolute atomic E-state index is 9.20. The second-order valence-electron chi connectivity index (χ2n) is 4.09. The van der Waals surface area contributed by atoms with Gasteiger partial charge in [-0.1, -0.05) is 30.3 Å². The Morgan fingerprint density at radius 3 is 2.65 bits per heavy atom. The predicted octanol–water partition coefficient (Wildman–Crippen LogP) is 2.60. The van der Waals surface area contributed by atoms with Crippen molar-refractivity contribution in [2.24, 2.45) is 0 Å². The highest BCUT2D eigenvalue weighted by atomic mass is 32.1. The van der Waals surface area contributed by atoms with Gasteiger partial charge in [0.2, 0.25) is 0 Å². The molecule has 3 nitrogen and oxygen atoms in total. The van der Waals surface area contributed by atoms with Gasteiger partial charge in [0, 0.05) is 10.9 Å². The van der Waals surface area contributed by atoms with Crippen molar-refractivity contribution in [1.82, 2.24) is 4.98 Å². The molecule has 84 valence electrons. The lowest BCUT2D eigenvalue weighted by molar-refractivity contribution is -0.0314. The first-order valence-corrected chi connectivity index (χ1v) is 6.22. The molecule has 0 saturated carbocycles. The SMILES string of the molecule is N#CC1(c2csc(-c3ccccc3)n2)COC1. The van der Waals surface area contributed by atoms with Crippen LogP contribution in [0.4, 0.5) is 0 Å². The molecule has 3 rings (SSSR count). The summed E-state index contributed by atoms with van der Waals surface area (Å²) in [5.74, 6) is 0. The minimum Gasteiger partial charge on any atom is -0.377 e. The van der Waals surface area contributed by atoms with E-state index < -0.39 is 5.41 Å². The highest BCUT2D eigenvalue weighted by molar-refractivity contribution is 7.13. The second kappa shape index (κ2) is 3.95. The Morgan fingerprint density at radius 1 is 1.29 bits per heavy atom. The van der Waals surface area contributed by atoms with Crippen LogP contribution in [0.15, 0.2) is 35.7 Å². The van der Waals surface area contributed by atoms with Gasteiger partial charge in [0.25, 0.3) is 0 Å². The first-order valence-electron chi connectivity index (χ1n) is 5.34. The molecule has 17 heavy (non-hydrogen) atoms. The molecule has 2 aromatic rings. The van der Waals surface area contributed by atoms with Crippen LogP contribution in [0.25, 0.3) is 10.6 Å². The fourth-order valence-corrected chi connectivity index (χ4v) is 2.71. The Bertz CT molecular complexity index is 567. The van der Waals surface area contributed by atoms with Gasteiger partial charge in [-0.2, -0.15) is 5.26 Å². The number of benzene rings is 1. The van der Waals surface area contributed by atoms with Crippen molar-refractivity contribution in [2.45, 2.75) is 5.41 Å². The van der Waals surface area contributed by atoms with E-state index in [-0.39, 0.29) is 0 Å². The lowest BCUT2D eigenvalue weighted by Gasteiger charge is -2.33. The van der Waals surface area contributed by atoms with Gasteiger partial charge < -0.3 is 4.74 Å². The van der Waals surface area contributed by atoms with Crippen LogP contribution in [0.1, 0.15) is 5.69 Å². The molecule has 0 aliphatic carbocycles. The van der Waals surface area contributed by atoms with Crippen LogP contribution in [0.2, 0.25) is 0 Å². The number of hydrogen-bond donors (Lipinski definition) is 0. The molecular weight excluding hydrogens is 232 g/mol. The normalized spacial score (nSPS) is 17.1. The lowest BCUT2D eigenvalue weighted by atomic mass is 9.85. The molecule has 1 aliphatic rings. The number of hydrogen-bond acceptors (Lipinski definition) is 4. The van der Waals surface area contributed by atoms with Crippen molar-refractivity contribution in [2.75, 3.05) is 13.2 Å². The lowest BCUT2D eigenvalue weighted by Crippen LogP contribution is -2.45. The summed E-state index contributed by atoms with van der Waals surface area (Å²) in [6, 6.07) is 12.3. The summed E-state index contributed by atoms with van der Waals surface area (Å²) in [7, 11) is 0. The number of nitriles is 1. The van der Waals surface area contributed by atoms with Gasteiger partial charge in [0.05, 0.1) is 25.0 Å². The van der Waals surface area contributed by atoms with Crippen molar-refractivity contribution < 1.29 is 4.74 Å². The number of thiazole rings is 1. The van der Waals surface area contributed by atoms with Gasteiger partial charge in [-0.3, -0.25) is 0 Å². The third kappa shape index (κ3) is 1.64. The first-order chi connectivity index (χ1) is 8.34. The number of nitrogens with zero attached hydrogens (tertiary/aromatic N) is 2. The van der Waals surface area contributed by atoms with Crippen molar-refractivity contribution >= 4 is 11.3 Å². The Morgan fingerprint density at radius 2 is 2.06 bits per heavy atom. The standard InChI is InChI=1S/C13H10N2OS/c14-7-13(8-16-9-13)11-6-17-12(15-11)10-4-2-1-3-5-10/h1-6H,8-9H2. The van der Waals surface area contributed by atoms with Gasteiger partial charge in [-0.15, -0.1) is 11.3 Å². The van der Waals surface area contributed by atoms with E-state index in [0.29, 0.717) is 13.2 Å². The predicted molar refractivity (Wildman–Crippen MR) is 65.7 cm³/mol. The number of aromatic nitrogens is 1. The summed E-state index contributed by atoms with van der Waals surface area (Å²) in [6.45, 7) is 0.920. The van der Waals surface area contributed by atoms with E-state index in [1.54, 1.807) is 11.3 Å². The maximum Gasteiger partial charge on any atom is 0.146 e. The fourth-order valence-electron chi connectivity index (χ4n) is 1.78. The van der Waals surface area contributed by atoms with Crippen molar-refractivity contribution in [1.29, 1.82) is 5.26 Å². The monoisotopic (exact) mass is 242 g/mol. The van der Waals surface area contributed by atoms with E-state index in [0.717, 1.165) is 16.3 Å². The molecular formula is C13H10N2OS. The highest BCUT2D eigenvalue weighted by Gasteiger charge is 2.43. The quantitative estimate of drug-likeness (QED) is 0.813. The molecule has 4 heteroatoms. The zero-order valence-corrected chi connectivity index (χ0v) is 9.91. The molecule has 1 aliphatic heterocycles. The molecule has 1 fully saturated rings. The Hall–Kier alpha value is -1.70. The molecule has 2 heterocycles. The van der Waals surface area contributed by atoms with Crippen molar-refractivity contribution in [3.05, 3.63) is 41.4 Å². The van der Waals surface area contributed by atoms with Crippen LogP contribution in [0, 0.1) is 11.3 Å². The van der Waals surface area contributed by atoms with Gasteiger partial charge in [0.1, 0.15) is 10.4 Å². The maximum atomic E-state index is 9.20. The van der Waals surface area contributed by atoms with Gasteiger partial charge in [-0.25, -0.2) is 4.98 Å². The van der Waals surface area contributed by atoms with Crippen molar-refractivity contribution in [3.63, 3.8) is 0 Å². The van der Waals surface area contributed by atoms with E-state index in [2.05, 4.69) is 11.1 Å². The summed E-state index contributed by atoms with van der Waals surface area (Å²) in [6.07, 6.45) is 0. The van der Waals surface area contributed by atoms with Gasteiger partial charge in [-0.05, 0) is 0 Å². The average molecular weight is 242 g/mol. The van der Waals surface area contributed by atoms with Crippen LogP contribution in [0.3, 0.4) is 0 Å². The van der Waals surface area contributed by atoms with Crippen LogP contribution < -0.4 is 0 Å². The molecule has 1 aromatic heterocycles. The van der Waals surface area contributed by atoms with Gasteiger partial charge in [0.15, 0.2) is 0 Å². The molecule has 0 amide bonds. The third-order valence-electron chi connectivity index (χ3n) is 2.93. The molecule has 1 aromatic carbocycles. The molecule has 1 saturated heterocycles. The Labute approximate surface area is 103 Å². The summed E-state index contributed by atoms with van der Waals surface area (Å²) in [5, 5.41) is 12.1. The minimum absolute atomic E-state index is 0.460. The summed E-state index contributed by atoms with van der Waals surface area (Å²) in [4.78, 5) is 4.56. The van der Waals surface area contributed by atoms with E-state index in [1.165, 1.54) is 0 Å². The Balaban J connectivity index is 1.97. The van der Waals surface area contributed by atoms with E-state index in [9.17, 15) is 5.26 Å². The van der Waals surface area contributed by atoms with Crippen LogP contribution >= 0.6 is 11.3 Å². The van der Waals surface area contributed by atoms with E-state index >= 15 is 0 Å². The fraction of sp³-hybridized carbons (Fsp3) is 0.231. The minimum atomic E-state index is -0.510. The third-order valence-corrected chi connectivity index (χ3v) is 3.82. The molecule has 0 atom stereocenters. The topological polar surface area (TPSA) is 45.9 Å². The first kappa shape index (κ1) is 10.5. The zero-order valence-electron chi connectivity index (χ0n) is 9.09. The number of ether oxygens (including phenoxy) is 1. The van der Waals surface area contributed by atoms with Gasteiger partial charge >= 0.3 is 0 Å². The number of rotatable bonds is 2. The highest BCUT2D eigenvalue weighted by Crippen LogP contribution is 2.34. The molecule has 0 unspecified atom stereocenters. The zero-order chi connectivity index (χ0) is 11.7. The Kier molecular flexibility index (Phi) is 2.43. The molecule has 0 spiro atoms. The summed E-state index contributed by atoms with van der Waals surface area (Å²) < 4.78 is 5.14. The summed E-state index contributed by atoms with van der Waals surface area (Å²) >= 11 is 1.58. The smallest absolute Gasteiger partial charge is 0.146 e. The van der Waals surface area contributed by atoms with Crippen LogP contribution in [-0.4, -0.2) is 18.2 Å². The molecule has 0 radical (unpaired) electrons. The molecule has 0 bridgehead atoms. The summed E-state index contributed by atoms with van der Waals surface area (Å²) in [5.41, 5.74) is 1.43. The van der Waals surface area contributed by atoms with E-state index in [1.807, 2.05) is 35.7 Å². The average Bonchev–Trinajstić information content (AvgIpc) is 2.80. The van der Waals surface area contributed by atoms with Crippen LogP contribution in [-0.2, 0) is 10.2 Å².